The fourth-order valence-corrected chi connectivity index (χ4v) is 3.39. The van der Waals surface area contributed by atoms with Gasteiger partial charge < -0.3 is 10.0 Å². The molecule has 1 aromatic rings. The summed E-state index contributed by atoms with van der Waals surface area (Å²) in [4.78, 5) is 13.8. The van der Waals surface area contributed by atoms with E-state index in [1.54, 1.807) is 23.1 Å². The van der Waals surface area contributed by atoms with Crippen LogP contribution in [0.4, 0.5) is 0 Å². The van der Waals surface area contributed by atoms with Gasteiger partial charge in [0.25, 0.3) is 0 Å². The molecule has 0 radical (unpaired) electrons. The van der Waals surface area contributed by atoms with Crippen LogP contribution in [-0.4, -0.2) is 50.6 Å². The van der Waals surface area contributed by atoms with Gasteiger partial charge in [0.1, 0.15) is 0 Å². The van der Waals surface area contributed by atoms with Gasteiger partial charge in [0, 0.05) is 19.7 Å². The first-order valence-electron chi connectivity index (χ1n) is 6.96. The Morgan fingerprint density at radius 3 is 2.71 bits per heavy atom. The molecule has 1 saturated heterocycles. The van der Waals surface area contributed by atoms with E-state index in [0.29, 0.717) is 13.1 Å². The number of aliphatic hydroxyl groups excluding tert-OH is 1. The molecule has 1 unspecified atom stereocenters. The average Bonchev–Trinajstić information content (AvgIpc) is 2.53. The minimum absolute atomic E-state index is 0.0551. The number of carbonyl (C=O) groups is 1. The number of nitrogens with zero attached hydrogens (tertiary/aromatic N) is 1. The molecule has 7 heteroatoms. The molecule has 21 heavy (non-hydrogen) atoms. The highest BCUT2D eigenvalue weighted by atomic mass is 32.2. The molecule has 0 spiro atoms. The summed E-state index contributed by atoms with van der Waals surface area (Å²) in [7, 11) is -3.66. The first-order chi connectivity index (χ1) is 10.0. The third kappa shape index (κ3) is 4.26. The number of sulfonamides is 1. The largest absolute Gasteiger partial charge is 0.396 e. The molecule has 1 aliphatic heterocycles. The molecule has 0 bridgehead atoms. The number of rotatable bonds is 5. The zero-order valence-corrected chi connectivity index (χ0v) is 12.6. The van der Waals surface area contributed by atoms with E-state index in [0.717, 1.165) is 12.8 Å². The molecule has 0 aromatic heterocycles. The highest BCUT2D eigenvalue weighted by molar-refractivity contribution is 7.89. The van der Waals surface area contributed by atoms with Crippen molar-refractivity contribution in [1.29, 1.82) is 0 Å². The Hall–Kier alpha value is -1.44. The number of benzene rings is 1. The van der Waals surface area contributed by atoms with Gasteiger partial charge >= 0.3 is 0 Å². The minimum Gasteiger partial charge on any atom is -0.396 e. The van der Waals surface area contributed by atoms with Crippen LogP contribution >= 0.6 is 0 Å². The summed E-state index contributed by atoms with van der Waals surface area (Å²) in [5.74, 6) is -0.166. The summed E-state index contributed by atoms with van der Waals surface area (Å²) < 4.78 is 26.4. The zero-order valence-electron chi connectivity index (χ0n) is 11.7. The Morgan fingerprint density at radius 2 is 2.05 bits per heavy atom. The molecule has 1 atom stereocenters. The van der Waals surface area contributed by atoms with E-state index in [1.165, 1.54) is 12.1 Å². The Labute approximate surface area is 124 Å². The van der Waals surface area contributed by atoms with Gasteiger partial charge in [-0.15, -0.1) is 0 Å². The van der Waals surface area contributed by atoms with Gasteiger partial charge in [-0.25, -0.2) is 13.1 Å². The predicted octanol–water partition coefficient (Wildman–Crippen LogP) is 0.196. The maximum absolute atomic E-state index is 12.1. The number of carbonyl (C=O) groups excluding carboxylic acids is 1. The second kappa shape index (κ2) is 7.02. The van der Waals surface area contributed by atoms with Crippen LogP contribution < -0.4 is 4.72 Å². The number of piperidine rings is 1. The summed E-state index contributed by atoms with van der Waals surface area (Å²) >= 11 is 0. The van der Waals surface area contributed by atoms with Crippen molar-refractivity contribution in [3.63, 3.8) is 0 Å². The predicted molar refractivity (Wildman–Crippen MR) is 78.0 cm³/mol. The van der Waals surface area contributed by atoms with E-state index in [1.807, 2.05) is 0 Å². The number of hydrogen-bond acceptors (Lipinski definition) is 4. The van der Waals surface area contributed by atoms with Crippen LogP contribution in [0.15, 0.2) is 35.2 Å². The number of hydrogen-bond donors (Lipinski definition) is 2. The van der Waals surface area contributed by atoms with Gasteiger partial charge in [-0.05, 0) is 30.9 Å². The lowest BCUT2D eigenvalue weighted by molar-refractivity contribution is -0.132. The number of likely N-dealkylation sites (tertiary alicyclic amines) is 1. The maximum Gasteiger partial charge on any atom is 0.241 e. The number of aliphatic hydroxyl groups is 1. The Balaban J connectivity index is 1.92. The highest BCUT2D eigenvalue weighted by Gasteiger charge is 2.24. The normalized spacial score (nSPS) is 19.5. The number of amides is 1. The third-order valence-electron chi connectivity index (χ3n) is 3.60. The second-order valence-corrected chi connectivity index (χ2v) is 6.94. The van der Waals surface area contributed by atoms with E-state index >= 15 is 0 Å². The van der Waals surface area contributed by atoms with Gasteiger partial charge in [-0.1, -0.05) is 18.2 Å². The van der Waals surface area contributed by atoms with E-state index in [2.05, 4.69) is 4.72 Å². The number of nitrogens with one attached hydrogen (secondary N) is 1. The Morgan fingerprint density at radius 1 is 1.33 bits per heavy atom. The molecular weight excluding hydrogens is 292 g/mol. The fraction of sp³-hybridized carbons (Fsp3) is 0.500. The molecular formula is C14H20N2O4S. The quantitative estimate of drug-likeness (QED) is 0.813. The van der Waals surface area contributed by atoms with Crippen LogP contribution in [0.25, 0.3) is 0 Å². The first kappa shape index (κ1) is 15.9. The summed E-state index contributed by atoms with van der Waals surface area (Å²) in [5, 5.41) is 9.15. The molecule has 1 fully saturated rings. The van der Waals surface area contributed by atoms with Crippen LogP contribution in [0.1, 0.15) is 12.8 Å². The fourth-order valence-electron chi connectivity index (χ4n) is 2.39. The van der Waals surface area contributed by atoms with Gasteiger partial charge in [0.05, 0.1) is 11.4 Å². The van der Waals surface area contributed by atoms with E-state index < -0.39 is 10.0 Å². The molecule has 2 rings (SSSR count). The van der Waals surface area contributed by atoms with Crippen molar-refractivity contribution in [2.75, 3.05) is 26.2 Å². The Bertz CT molecular complexity index is 574. The van der Waals surface area contributed by atoms with Gasteiger partial charge in [-0.2, -0.15) is 0 Å². The molecule has 116 valence electrons. The molecule has 1 amide bonds. The summed E-state index contributed by atoms with van der Waals surface area (Å²) in [5.41, 5.74) is 0. The summed E-state index contributed by atoms with van der Waals surface area (Å²) in [6.45, 7) is 0.902. The Kier molecular flexibility index (Phi) is 5.33. The molecule has 1 aliphatic rings. The molecule has 0 aliphatic carbocycles. The molecule has 1 aromatic carbocycles. The van der Waals surface area contributed by atoms with Crippen LogP contribution in [-0.2, 0) is 14.8 Å². The van der Waals surface area contributed by atoms with Crippen LogP contribution in [0, 0.1) is 5.92 Å². The van der Waals surface area contributed by atoms with Crippen molar-refractivity contribution in [2.24, 2.45) is 5.92 Å². The minimum atomic E-state index is -3.66. The van der Waals surface area contributed by atoms with E-state index in [4.69, 9.17) is 5.11 Å². The first-order valence-corrected chi connectivity index (χ1v) is 8.44. The lowest BCUT2D eigenvalue weighted by Gasteiger charge is -2.31. The molecule has 0 saturated carbocycles. The lowest BCUT2D eigenvalue weighted by atomic mass is 9.99. The van der Waals surface area contributed by atoms with E-state index in [-0.39, 0.29) is 29.9 Å². The molecule has 1 heterocycles. The molecule has 6 nitrogen and oxygen atoms in total. The van der Waals surface area contributed by atoms with Gasteiger partial charge in [-0.3, -0.25) is 4.79 Å². The van der Waals surface area contributed by atoms with E-state index in [9.17, 15) is 13.2 Å². The lowest BCUT2D eigenvalue weighted by Crippen LogP contribution is -2.45. The van der Waals surface area contributed by atoms with Gasteiger partial charge in [0.15, 0.2) is 0 Å². The molecule has 2 N–H and O–H groups in total. The SMILES string of the molecule is O=C(CNS(=O)(=O)c1ccccc1)N1CCCC(CO)C1. The van der Waals surface area contributed by atoms with Crippen molar-refractivity contribution < 1.29 is 18.3 Å². The topological polar surface area (TPSA) is 86.7 Å². The van der Waals surface area contributed by atoms with Crippen molar-refractivity contribution >= 4 is 15.9 Å². The summed E-state index contributed by atoms with van der Waals surface area (Å²) in [6, 6.07) is 7.96. The summed E-state index contributed by atoms with van der Waals surface area (Å²) in [6.07, 6.45) is 1.73. The van der Waals surface area contributed by atoms with Crippen molar-refractivity contribution in [3.05, 3.63) is 30.3 Å². The smallest absolute Gasteiger partial charge is 0.241 e. The third-order valence-corrected chi connectivity index (χ3v) is 5.01. The van der Waals surface area contributed by atoms with Crippen molar-refractivity contribution in [2.45, 2.75) is 17.7 Å². The van der Waals surface area contributed by atoms with Crippen LogP contribution in [0.2, 0.25) is 0 Å². The van der Waals surface area contributed by atoms with Crippen LogP contribution in [0.3, 0.4) is 0 Å². The standard InChI is InChI=1S/C14H20N2O4S/c17-11-12-5-4-8-16(10-12)14(18)9-15-21(19,20)13-6-2-1-3-7-13/h1-3,6-7,12,15,17H,4-5,8-11H2. The van der Waals surface area contributed by atoms with Crippen LogP contribution in [0.5, 0.6) is 0 Å². The second-order valence-electron chi connectivity index (χ2n) is 5.17. The average molecular weight is 312 g/mol. The van der Waals surface area contributed by atoms with Gasteiger partial charge in [0.2, 0.25) is 15.9 Å². The van der Waals surface area contributed by atoms with Crippen molar-refractivity contribution in [3.8, 4) is 0 Å². The van der Waals surface area contributed by atoms with Crippen molar-refractivity contribution in [1.82, 2.24) is 9.62 Å². The zero-order chi connectivity index (χ0) is 15.3. The highest BCUT2D eigenvalue weighted by Crippen LogP contribution is 2.15. The monoisotopic (exact) mass is 312 g/mol. The maximum atomic E-state index is 12.1.